The summed E-state index contributed by atoms with van der Waals surface area (Å²) in [6.45, 7) is 1.59. The molecular weight excluding hydrogens is 344 g/mol. The molecule has 0 fully saturated rings. The van der Waals surface area contributed by atoms with Crippen LogP contribution < -0.4 is 11.3 Å². The van der Waals surface area contributed by atoms with Crippen LogP contribution in [0, 0.1) is 6.92 Å². The molecular formula is C13H11Cl2F3N2S. The third kappa shape index (κ3) is 3.52. The van der Waals surface area contributed by atoms with Crippen molar-refractivity contribution in [3.05, 3.63) is 55.2 Å². The summed E-state index contributed by atoms with van der Waals surface area (Å²) in [5, 5.41) is 0. The quantitative estimate of drug-likeness (QED) is 0.605. The summed E-state index contributed by atoms with van der Waals surface area (Å²) in [7, 11) is 0. The minimum absolute atomic E-state index is 0.447. The van der Waals surface area contributed by atoms with E-state index in [-0.39, 0.29) is 0 Å². The van der Waals surface area contributed by atoms with Crippen LogP contribution >= 0.6 is 34.5 Å². The van der Waals surface area contributed by atoms with Crippen LogP contribution in [0.5, 0.6) is 0 Å². The number of aryl methyl sites for hydroxylation is 1. The van der Waals surface area contributed by atoms with E-state index in [1.807, 2.05) is 0 Å². The Labute approximate surface area is 133 Å². The minimum Gasteiger partial charge on any atom is -0.271 e. The number of halogens is 5. The van der Waals surface area contributed by atoms with Crippen molar-refractivity contribution in [2.45, 2.75) is 19.1 Å². The number of rotatable bonds is 3. The first-order chi connectivity index (χ1) is 9.74. The monoisotopic (exact) mass is 354 g/mol. The van der Waals surface area contributed by atoms with Crippen molar-refractivity contribution in [2.24, 2.45) is 5.84 Å². The average Bonchev–Trinajstić information content (AvgIpc) is 2.70. The lowest BCUT2D eigenvalue weighted by molar-refractivity contribution is -0.137. The third-order valence-corrected chi connectivity index (χ3v) is 4.59. The Bertz CT molecular complexity index is 655. The van der Waals surface area contributed by atoms with E-state index >= 15 is 0 Å². The molecule has 1 aromatic heterocycles. The lowest BCUT2D eigenvalue weighted by Gasteiger charge is -2.19. The van der Waals surface area contributed by atoms with Gasteiger partial charge in [0.2, 0.25) is 0 Å². The van der Waals surface area contributed by atoms with Gasteiger partial charge in [-0.2, -0.15) is 13.2 Å². The number of hydrazine groups is 1. The maximum absolute atomic E-state index is 12.7. The standard InChI is InChI=1S/C13H11Cl2F3N2S/c1-6-4-7(13(16,17)18)2-3-8(6)11(20-19)9-5-10(14)21-12(9)15/h2-5,11,20H,19H2,1H3. The fraction of sp³-hybridized carbons (Fsp3) is 0.231. The van der Waals surface area contributed by atoms with Gasteiger partial charge in [-0.3, -0.25) is 5.84 Å². The van der Waals surface area contributed by atoms with Crippen LogP contribution in [-0.4, -0.2) is 0 Å². The minimum atomic E-state index is -4.38. The van der Waals surface area contributed by atoms with E-state index < -0.39 is 17.8 Å². The SMILES string of the molecule is Cc1cc(C(F)(F)F)ccc1C(NN)c1cc(Cl)sc1Cl. The molecule has 0 saturated carbocycles. The van der Waals surface area contributed by atoms with Crippen molar-refractivity contribution in [3.63, 3.8) is 0 Å². The first kappa shape index (κ1) is 16.6. The summed E-state index contributed by atoms with van der Waals surface area (Å²) < 4.78 is 39.0. The highest BCUT2D eigenvalue weighted by molar-refractivity contribution is 7.20. The van der Waals surface area contributed by atoms with Gasteiger partial charge in [-0.05, 0) is 36.2 Å². The Kier molecular flexibility index (Phi) is 4.85. The normalized spacial score (nSPS) is 13.5. The molecule has 3 N–H and O–H groups in total. The second kappa shape index (κ2) is 6.14. The lowest BCUT2D eigenvalue weighted by Crippen LogP contribution is -2.29. The molecule has 1 heterocycles. The van der Waals surface area contributed by atoms with Crippen molar-refractivity contribution < 1.29 is 13.2 Å². The molecule has 114 valence electrons. The van der Waals surface area contributed by atoms with E-state index in [9.17, 15) is 13.2 Å². The van der Waals surface area contributed by atoms with Crippen LogP contribution in [0.3, 0.4) is 0 Å². The molecule has 0 aliphatic heterocycles. The predicted molar refractivity (Wildman–Crippen MR) is 79.7 cm³/mol. The predicted octanol–water partition coefficient (Wildman–Crippen LogP) is 4.93. The van der Waals surface area contributed by atoms with Gasteiger partial charge in [-0.1, -0.05) is 29.3 Å². The molecule has 0 aliphatic rings. The van der Waals surface area contributed by atoms with Crippen molar-refractivity contribution in [2.75, 3.05) is 0 Å². The van der Waals surface area contributed by atoms with E-state index in [1.165, 1.54) is 17.4 Å². The van der Waals surface area contributed by atoms with E-state index in [0.29, 0.717) is 25.4 Å². The summed E-state index contributed by atoms with van der Waals surface area (Å²) in [5.74, 6) is 5.54. The Morgan fingerprint density at radius 3 is 2.29 bits per heavy atom. The molecule has 1 aromatic carbocycles. The van der Waals surface area contributed by atoms with Gasteiger partial charge < -0.3 is 0 Å². The van der Waals surface area contributed by atoms with E-state index in [4.69, 9.17) is 29.0 Å². The summed E-state index contributed by atoms with van der Waals surface area (Å²) in [5.41, 5.74) is 3.58. The second-order valence-corrected chi connectivity index (χ2v) is 6.73. The molecule has 0 bridgehead atoms. The summed E-state index contributed by atoms with van der Waals surface area (Å²) >= 11 is 13.2. The van der Waals surface area contributed by atoms with Crippen LogP contribution in [0.15, 0.2) is 24.3 Å². The maximum Gasteiger partial charge on any atom is 0.416 e. The molecule has 1 atom stereocenters. The third-order valence-electron chi connectivity index (χ3n) is 3.07. The number of thiophene rings is 1. The molecule has 0 saturated heterocycles. The molecule has 8 heteroatoms. The van der Waals surface area contributed by atoms with Gasteiger partial charge in [0, 0.05) is 5.56 Å². The molecule has 0 radical (unpaired) electrons. The zero-order chi connectivity index (χ0) is 15.8. The summed E-state index contributed by atoms with van der Waals surface area (Å²) in [6.07, 6.45) is -4.38. The van der Waals surface area contributed by atoms with Crippen LogP contribution in [0.25, 0.3) is 0 Å². The summed E-state index contributed by atoms with van der Waals surface area (Å²) in [6, 6.07) is 4.63. The van der Waals surface area contributed by atoms with Gasteiger partial charge in [0.15, 0.2) is 0 Å². The smallest absolute Gasteiger partial charge is 0.271 e. The number of alkyl halides is 3. The molecule has 21 heavy (non-hydrogen) atoms. The molecule has 2 rings (SSSR count). The van der Waals surface area contributed by atoms with Gasteiger partial charge in [0.25, 0.3) is 0 Å². The highest BCUT2D eigenvalue weighted by atomic mass is 35.5. The van der Waals surface area contributed by atoms with Crippen molar-refractivity contribution in [1.82, 2.24) is 5.43 Å². The van der Waals surface area contributed by atoms with Crippen LogP contribution in [0.2, 0.25) is 8.67 Å². The number of hydrogen-bond acceptors (Lipinski definition) is 3. The van der Waals surface area contributed by atoms with E-state index in [0.717, 1.165) is 12.1 Å². The van der Waals surface area contributed by atoms with Crippen LogP contribution in [0.1, 0.15) is 28.3 Å². The fourth-order valence-corrected chi connectivity index (χ4v) is 3.61. The van der Waals surface area contributed by atoms with Gasteiger partial charge in [-0.15, -0.1) is 11.3 Å². The van der Waals surface area contributed by atoms with Gasteiger partial charge in [-0.25, -0.2) is 5.43 Å². The highest BCUT2D eigenvalue weighted by Gasteiger charge is 2.31. The fourth-order valence-electron chi connectivity index (χ4n) is 2.07. The lowest BCUT2D eigenvalue weighted by atomic mass is 9.95. The van der Waals surface area contributed by atoms with E-state index in [1.54, 1.807) is 13.0 Å². The molecule has 0 aliphatic carbocycles. The molecule has 1 unspecified atom stereocenters. The molecule has 2 aromatic rings. The Balaban J connectivity index is 2.46. The summed E-state index contributed by atoms with van der Waals surface area (Å²) in [4.78, 5) is 0. The Morgan fingerprint density at radius 1 is 1.19 bits per heavy atom. The van der Waals surface area contributed by atoms with Gasteiger partial charge >= 0.3 is 6.18 Å². The molecule has 2 nitrogen and oxygen atoms in total. The molecule has 0 amide bonds. The average molecular weight is 355 g/mol. The van der Waals surface area contributed by atoms with Crippen molar-refractivity contribution in [1.29, 1.82) is 0 Å². The first-order valence-electron chi connectivity index (χ1n) is 5.82. The second-order valence-electron chi connectivity index (χ2n) is 4.45. The zero-order valence-electron chi connectivity index (χ0n) is 10.8. The number of benzene rings is 1. The maximum atomic E-state index is 12.7. The van der Waals surface area contributed by atoms with E-state index in [2.05, 4.69) is 5.43 Å². The van der Waals surface area contributed by atoms with Crippen molar-refractivity contribution in [3.8, 4) is 0 Å². The van der Waals surface area contributed by atoms with Crippen LogP contribution in [-0.2, 0) is 6.18 Å². The topological polar surface area (TPSA) is 38.0 Å². The number of nitrogens with two attached hydrogens (primary N) is 1. The molecule has 0 spiro atoms. The van der Waals surface area contributed by atoms with Gasteiger partial charge in [0.05, 0.1) is 20.3 Å². The highest BCUT2D eigenvalue weighted by Crippen LogP contribution is 2.39. The Morgan fingerprint density at radius 2 is 1.86 bits per heavy atom. The number of hydrogen-bond donors (Lipinski definition) is 2. The number of nitrogens with one attached hydrogen (secondary N) is 1. The largest absolute Gasteiger partial charge is 0.416 e. The Hall–Kier alpha value is -0.790. The van der Waals surface area contributed by atoms with Gasteiger partial charge in [0.1, 0.15) is 0 Å². The first-order valence-corrected chi connectivity index (χ1v) is 7.40. The zero-order valence-corrected chi connectivity index (χ0v) is 13.1. The van der Waals surface area contributed by atoms with Crippen LogP contribution in [0.4, 0.5) is 13.2 Å². The van der Waals surface area contributed by atoms with Crippen molar-refractivity contribution >= 4 is 34.5 Å².